The Balaban J connectivity index is 1.92. The molecule has 21 heavy (non-hydrogen) atoms. The number of guanidine groups is 1. The van der Waals surface area contributed by atoms with E-state index in [2.05, 4.69) is 20.4 Å². The summed E-state index contributed by atoms with van der Waals surface area (Å²) in [5, 5.41) is 9.16. The third kappa shape index (κ3) is 1.92. The number of nitrogens with one attached hydrogen (secondary N) is 1. The molecule has 2 aromatic heterocycles. The van der Waals surface area contributed by atoms with E-state index in [-0.39, 0.29) is 6.17 Å². The Kier molecular flexibility index (Phi) is 2.58. The van der Waals surface area contributed by atoms with E-state index in [1.54, 1.807) is 10.9 Å². The van der Waals surface area contributed by atoms with Gasteiger partial charge in [0.05, 0.1) is 5.39 Å². The minimum atomic E-state index is -0.326. The summed E-state index contributed by atoms with van der Waals surface area (Å²) in [7, 11) is 0. The summed E-state index contributed by atoms with van der Waals surface area (Å²) in [6.45, 7) is 0. The van der Waals surface area contributed by atoms with Crippen LogP contribution in [-0.4, -0.2) is 20.7 Å². The zero-order chi connectivity index (χ0) is 14.4. The highest BCUT2D eigenvalue weighted by Gasteiger charge is 2.25. The molecule has 0 amide bonds. The first-order valence-corrected chi connectivity index (χ1v) is 6.79. The normalized spacial score (nSPS) is 17.2. The molecule has 3 aromatic rings. The van der Waals surface area contributed by atoms with Gasteiger partial charge >= 0.3 is 0 Å². The van der Waals surface area contributed by atoms with Crippen LogP contribution in [0.5, 0.6) is 0 Å². The Morgan fingerprint density at radius 1 is 1.19 bits per heavy atom. The van der Waals surface area contributed by atoms with Crippen molar-refractivity contribution in [2.75, 3.05) is 5.32 Å². The van der Waals surface area contributed by atoms with Gasteiger partial charge in [-0.3, -0.25) is 0 Å². The number of aliphatic imine (C=N–C) groups is 1. The van der Waals surface area contributed by atoms with E-state index < -0.39 is 0 Å². The number of hydrogen-bond acceptors (Lipinski definition) is 5. The molecule has 0 bridgehead atoms. The number of rotatable bonds is 1. The predicted octanol–water partition coefficient (Wildman–Crippen LogP) is 2.37. The van der Waals surface area contributed by atoms with Crippen molar-refractivity contribution in [2.24, 2.45) is 10.7 Å². The molecule has 0 fully saturated rings. The standard InChI is InChI=1S/C14H11ClN6/c15-9-5-3-8(4-6-9)12-18-14(16)19-13-10-2-1-7-17-11(10)20-21(12)13/h1-7,12H,(H3,16,18,19)/t12-/m1/s1. The van der Waals surface area contributed by atoms with Crippen LogP contribution in [0.1, 0.15) is 11.7 Å². The fourth-order valence-corrected chi connectivity index (χ4v) is 2.56. The van der Waals surface area contributed by atoms with Crippen LogP contribution < -0.4 is 11.1 Å². The minimum Gasteiger partial charge on any atom is -0.370 e. The molecule has 6 nitrogen and oxygen atoms in total. The van der Waals surface area contributed by atoms with Crippen molar-refractivity contribution < 1.29 is 0 Å². The molecule has 0 saturated heterocycles. The number of nitrogens with two attached hydrogens (primary N) is 1. The molecule has 0 radical (unpaired) electrons. The summed E-state index contributed by atoms with van der Waals surface area (Å²) in [6.07, 6.45) is 1.38. The van der Waals surface area contributed by atoms with E-state index in [1.807, 2.05) is 36.4 Å². The lowest BCUT2D eigenvalue weighted by Gasteiger charge is -2.22. The second kappa shape index (κ2) is 4.46. The van der Waals surface area contributed by atoms with E-state index in [1.165, 1.54) is 0 Å². The van der Waals surface area contributed by atoms with Crippen LogP contribution in [0.25, 0.3) is 11.0 Å². The zero-order valence-corrected chi connectivity index (χ0v) is 11.6. The number of nitrogens with zero attached hydrogens (tertiary/aromatic N) is 4. The van der Waals surface area contributed by atoms with Gasteiger partial charge in [0, 0.05) is 11.2 Å². The van der Waals surface area contributed by atoms with E-state index in [0.29, 0.717) is 16.6 Å². The van der Waals surface area contributed by atoms with Crippen molar-refractivity contribution in [1.82, 2.24) is 14.8 Å². The lowest BCUT2D eigenvalue weighted by molar-refractivity contribution is 0.546. The largest absolute Gasteiger partial charge is 0.370 e. The molecule has 1 aromatic carbocycles. The zero-order valence-electron chi connectivity index (χ0n) is 10.9. The number of anilines is 1. The lowest BCUT2D eigenvalue weighted by Crippen LogP contribution is -2.31. The molecule has 7 heteroatoms. The summed E-state index contributed by atoms with van der Waals surface area (Å²) in [4.78, 5) is 8.70. The lowest BCUT2D eigenvalue weighted by atomic mass is 10.1. The molecule has 1 aliphatic rings. The van der Waals surface area contributed by atoms with E-state index in [4.69, 9.17) is 17.3 Å². The Hall–Kier alpha value is -2.60. The molecule has 104 valence electrons. The van der Waals surface area contributed by atoms with Crippen LogP contribution >= 0.6 is 11.6 Å². The van der Waals surface area contributed by atoms with Gasteiger partial charge in [0.15, 0.2) is 17.8 Å². The van der Waals surface area contributed by atoms with Gasteiger partial charge in [0.25, 0.3) is 0 Å². The summed E-state index contributed by atoms with van der Waals surface area (Å²) < 4.78 is 1.79. The highest BCUT2D eigenvalue weighted by atomic mass is 35.5. The van der Waals surface area contributed by atoms with Crippen LogP contribution in [0.2, 0.25) is 5.02 Å². The second-order valence-electron chi connectivity index (χ2n) is 4.73. The molecule has 4 rings (SSSR count). The van der Waals surface area contributed by atoms with Gasteiger partial charge in [-0.2, -0.15) is 0 Å². The summed E-state index contributed by atoms with van der Waals surface area (Å²) in [5.41, 5.74) is 7.52. The summed E-state index contributed by atoms with van der Waals surface area (Å²) >= 11 is 5.94. The number of benzene rings is 1. The number of halogens is 1. The van der Waals surface area contributed by atoms with Crippen LogP contribution in [0.4, 0.5) is 5.82 Å². The number of hydrogen-bond donors (Lipinski definition) is 2. The van der Waals surface area contributed by atoms with Crippen LogP contribution in [0, 0.1) is 0 Å². The monoisotopic (exact) mass is 298 g/mol. The van der Waals surface area contributed by atoms with Crippen LogP contribution in [-0.2, 0) is 0 Å². The van der Waals surface area contributed by atoms with Gasteiger partial charge in [-0.1, -0.05) is 23.7 Å². The Bertz CT molecular complexity index is 852. The molecule has 0 saturated carbocycles. The van der Waals surface area contributed by atoms with Gasteiger partial charge in [-0.15, -0.1) is 5.10 Å². The van der Waals surface area contributed by atoms with E-state index in [0.717, 1.165) is 16.8 Å². The molecule has 0 unspecified atom stereocenters. The Morgan fingerprint density at radius 3 is 2.81 bits per heavy atom. The van der Waals surface area contributed by atoms with E-state index >= 15 is 0 Å². The van der Waals surface area contributed by atoms with Crippen molar-refractivity contribution in [1.29, 1.82) is 0 Å². The topological polar surface area (TPSA) is 81.1 Å². The molecule has 0 aliphatic carbocycles. The first-order valence-electron chi connectivity index (χ1n) is 6.41. The number of pyridine rings is 1. The summed E-state index contributed by atoms with van der Waals surface area (Å²) in [6, 6.07) is 11.3. The highest BCUT2D eigenvalue weighted by Crippen LogP contribution is 2.32. The number of fused-ring (bicyclic) bond motifs is 3. The Labute approximate surface area is 125 Å². The van der Waals surface area contributed by atoms with Gasteiger partial charge in [0.1, 0.15) is 5.82 Å². The SMILES string of the molecule is NC1=N[C@@H](c2ccc(Cl)cc2)n2nc3ncccc3c2N1. The van der Waals surface area contributed by atoms with Crippen LogP contribution in [0.3, 0.4) is 0 Å². The van der Waals surface area contributed by atoms with Crippen molar-refractivity contribution in [3.8, 4) is 0 Å². The Morgan fingerprint density at radius 2 is 2.00 bits per heavy atom. The molecular weight excluding hydrogens is 288 g/mol. The van der Waals surface area contributed by atoms with E-state index in [9.17, 15) is 0 Å². The van der Waals surface area contributed by atoms with Gasteiger partial charge in [-0.25, -0.2) is 14.7 Å². The first kappa shape index (κ1) is 12.2. The van der Waals surface area contributed by atoms with Gasteiger partial charge < -0.3 is 11.1 Å². The molecule has 1 aliphatic heterocycles. The average molecular weight is 299 g/mol. The smallest absolute Gasteiger partial charge is 0.196 e. The maximum absolute atomic E-state index is 5.94. The first-order chi connectivity index (χ1) is 10.2. The fourth-order valence-electron chi connectivity index (χ4n) is 2.43. The predicted molar refractivity (Wildman–Crippen MR) is 82.4 cm³/mol. The minimum absolute atomic E-state index is 0.326. The van der Waals surface area contributed by atoms with Crippen molar-refractivity contribution >= 4 is 34.4 Å². The molecule has 0 spiro atoms. The molecular formula is C14H11ClN6. The van der Waals surface area contributed by atoms with Gasteiger partial charge in [0.2, 0.25) is 0 Å². The van der Waals surface area contributed by atoms with Crippen molar-refractivity contribution in [2.45, 2.75) is 6.17 Å². The fraction of sp³-hybridized carbons (Fsp3) is 0.0714. The second-order valence-corrected chi connectivity index (χ2v) is 5.17. The average Bonchev–Trinajstić information content (AvgIpc) is 2.86. The van der Waals surface area contributed by atoms with Crippen LogP contribution in [0.15, 0.2) is 47.6 Å². The number of aromatic nitrogens is 3. The third-order valence-corrected chi connectivity index (χ3v) is 3.63. The summed E-state index contributed by atoms with van der Waals surface area (Å²) in [5.74, 6) is 1.15. The molecule has 3 heterocycles. The third-order valence-electron chi connectivity index (χ3n) is 3.38. The van der Waals surface area contributed by atoms with Crippen molar-refractivity contribution in [3.63, 3.8) is 0 Å². The highest BCUT2D eigenvalue weighted by molar-refractivity contribution is 6.30. The quantitative estimate of drug-likeness (QED) is 0.722. The van der Waals surface area contributed by atoms with Crippen molar-refractivity contribution in [3.05, 3.63) is 53.2 Å². The van der Waals surface area contributed by atoms with Gasteiger partial charge in [-0.05, 0) is 29.8 Å². The maximum atomic E-state index is 5.94. The molecule has 3 N–H and O–H groups in total. The maximum Gasteiger partial charge on any atom is 0.196 e. The molecule has 1 atom stereocenters.